The molecule has 0 heterocycles. The van der Waals surface area contributed by atoms with E-state index >= 15 is 0 Å². The van der Waals surface area contributed by atoms with Gasteiger partial charge in [-0.1, -0.05) is 25.6 Å². The quantitative estimate of drug-likeness (QED) is 0.582. The number of halogens is 1. The molecule has 21 heavy (non-hydrogen) atoms. The molecular formula is C16H21IN2OS. The normalized spacial score (nSPS) is 25.3. The van der Waals surface area contributed by atoms with Gasteiger partial charge in [-0.2, -0.15) is 0 Å². The maximum absolute atomic E-state index is 12.5. The van der Waals surface area contributed by atoms with Gasteiger partial charge < -0.3 is 11.1 Å². The highest BCUT2D eigenvalue weighted by Gasteiger charge is 2.38. The first-order valence-corrected chi connectivity index (χ1v) is 8.83. The Hall–Kier alpha value is -0.690. The van der Waals surface area contributed by atoms with Crippen LogP contribution in [0.1, 0.15) is 49.4 Å². The van der Waals surface area contributed by atoms with Gasteiger partial charge in [-0.3, -0.25) is 4.79 Å². The summed E-state index contributed by atoms with van der Waals surface area (Å²) in [4.78, 5) is 12.9. The Morgan fingerprint density at radius 3 is 2.43 bits per heavy atom. The van der Waals surface area contributed by atoms with Crippen LogP contribution in [0, 0.1) is 9.49 Å². The molecule has 0 radical (unpaired) electrons. The fourth-order valence-corrected chi connectivity index (χ4v) is 3.52. The van der Waals surface area contributed by atoms with Crippen LogP contribution in [0.4, 0.5) is 0 Å². The Bertz CT molecular complexity index is 522. The highest BCUT2D eigenvalue weighted by Crippen LogP contribution is 2.34. The van der Waals surface area contributed by atoms with E-state index in [4.69, 9.17) is 18.0 Å². The lowest BCUT2D eigenvalue weighted by Crippen LogP contribution is -2.58. The summed E-state index contributed by atoms with van der Waals surface area (Å²) >= 11 is 7.48. The van der Waals surface area contributed by atoms with Crippen LogP contribution in [-0.4, -0.2) is 16.4 Å². The Morgan fingerprint density at radius 2 is 1.95 bits per heavy atom. The third-order valence-corrected chi connectivity index (χ3v) is 5.58. The third-order valence-electron chi connectivity index (χ3n) is 4.47. The number of thiocarbonyl (C=S) groups is 1. The molecule has 2 rings (SSSR count). The van der Waals surface area contributed by atoms with Gasteiger partial charge in [0.1, 0.15) is 0 Å². The van der Waals surface area contributed by atoms with Crippen LogP contribution in [0.15, 0.2) is 24.3 Å². The van der Waals surface area contributed by atoms with Gasteiger partial charge in [0.15, 0.2) is 0 Å². The van der Waals surface area contributed by atoms with E-state index in [2.05, 4.69) is 34.8 Å². The fourth-order valence-electron chi connectivity index (χ4n) is 2.90. The number of nitrogens with two attached hydrogens (primary N) is 1. The molecule has 1 saturated carbocycles. The van der Waals surface area contributed by atoms with Crippen molar-refractivity contribution in [3.63, 3.8) is 0 Å². The van der Waals surface area contributed by atoms with E-state index in [1.54, 1.807) is 0 Å². The van der Waals surface area contributed by atoms with E-state index in [1.807, 2.05) is 24.3 Å². The van der Waals surface area contributed by atoms with Gasteiger partial charge in [-0.25, -0.2) is 0 Å². The molecule has 0 bridgehead atoms. The van der Waals surface area contributed by atoms with Crippen molar-refractivity contribution in [1.82, 2.24) is 5.32 Å². The molecule has 0 unspecified atom stereocenters. The summed E-state index contributed by atoms with van der Waals surface area (Å²) in [5.41, 5.74) is 6.10. The van der Waals surface area contributed by atoms with Crippen LogP contribution < -0.4 is 11.1 Å². The van der Waals surface area contributed by atoms with Crippen molar-refractivity contribution in [3.05, 3.63) is 33.4 Å². The zero-order chi connectivity index (χ0) is 15.5. The summed E-state index contributed by atoms with van der Waals surface area (Å²) in [6, 6.07) is 7.53. The SMILES string of the molecule is CCC1CCC(NC(=O)c2ccc(I)cc2)(C(N)=S)CC1. The lowest BCUT2D eigenvalue weighted by molar-refractivity contribution is 0.0898. The highest BCUT2D eigenvalue weighted by atomic mass is 127. The van der Waals surface area contributed by atoms with Gasteiger partial charge in [0.25, 0.3) is 5.91 Å². The first-order chi connectivity index (χ1) is 9.97. The molecular weight excluding hydrogens is 395 g/mol. The summed E-state index contributed by atoms with van der Waals surface area (Å²) in [7, 11) is 0. The Morgan fingerprint density at radius 1 is 1.38 bits per heavy atom. The Balaban J connectivity index is 2.12. The molecule has 1 aliphatic carbocycles. The summed E-state index contributed by atoms with van der Waals surface area (Å²) in [6.45, 7) is 2.21. The number of amides is 1. The Kier molecular flexibility index (Phi) is 5.60. The summed E-state index contributed by atoms with van der Waals surface area (Å²) < 4.78 is 1.11. The number of carbonyl (C=O) groups is 1. The van der Waals surface area contributed by atoms with E-state index < -0.39 is 5.54 Å². The van der Waals surface area contributed by atoms with Crippen molar-refractivity contribution in [1.29, 1.82) is 0 Å². The van der Waals surface area contributed by atoms with Crippen molar-refractivity contribution in [2.45, 2.75) is 44.6 Å². The molecule has 1 fully saturated rings. The second-order valence-corrected chi connectivity index (χ2v) is 7.44. The molecule has 3 nitrogen and oxygen atoms in total. The summed E-state index contributed by atoms with van der Waals surface area (Å²) in [6.07, 6.45) is 5.01. The molecule has 0 aromatic heterocycles. The average molecular weight is 416 g/mol. The summed E-state index contributed by atoms with van der Waals surface area (Å²) in [5, 5.41) is 3.10. The minimum atomic E-state index is -0.513. The molecule has 1 amide bonds. The second-order valence-electron chi connectivity index (χ2n) is 5.76. The lowest BCUT2D eigenvalue weighted by Gasteiger charge is -2.40. The molecule has 3 N–H and O–H groups in total. The molecule has 1 aliphatic rings. The maximum Gasteiger partial charge on any atom is 0.252 e. The molecule has 0 saturated heterocycles. The predicted molar refractivity (Wildman–Crippen MR) is 98.4 cm³/mol. The molecule has 5 heteroatoms. The molecule has 0 atom stereocenters. The zero-order valence-corrected chi connectivity index (χ0v) is 15.2. The highest BCUT2D eigenvalue weighted by molar-refractivity contribution is 14.1. The smallest absolute Gasteiger partial charge is 0.252 e. The van der Waals surface area contributed by atoms with Crippen molar-refractivity contribution < 1.29 is 4.79 Å². The number of hydrogen-bond donors (Lipinski definition) is 2. The van der Waals surface area contributed by atoms with Gasteiger partial charge in [0, 0.05) is 9.13 Å². The lowest BCUT2D eigenvalue weighted by atomic mass is 9.75. The van der Waals surface area contributed by atoms with E-state index in [0.29, 0.717) is 10.6 Å². The van der Waals surface area contributed by atoms with Crippen LogP contribution >= 0.6 is 34.8 Å². The molecule has 114 valence electrons. The van der Waals surface area contributed by atoms with Gasteiger partial charge in [-0.05, 0) is 78.5 Å². The van der Waals surface area contributed by atoms with Crippen LogP contribution in [0.25, 0.3) is 0 Å². The minimum Gasteiger partial charge on any atom is -0.391 e. The monoisotopic (exact) mass is 416 g/mol. The molecule has 1 aromatic carbocycles. The van der Waals surface area contributed by atoms with Gasteiger partial charge in [0.05, 0.1) is 10.5 Å². The van der Waals surface area contributed by atoms with Crippen molar-refractivity contribution >= 4 is 45.7 Å². The van der Waals surface area contributed by atoms with Gasteiger partial charge >= 0.3 is 0 Å². The second kappa shape index (κ2) is 7.05. The van der Waals surface area contributed by atoms with E-state index in [0.717, 1.165) is 35.2 Å². The van der Waals surface area contributed by atoms with Crippen LogP contribution in [0.2, 0.25) is 0 Å². The fraction of sp³-hybridized carbons (Fsp3) is 0.500. The third kappa shape index (κ3) is 3.94. The Labute approximate surface area is 145 Å². The largest absolute Gasteiger partial charge is 0.391 e. The number of hydrogen-bond acceptors (Lipinski definition) is 2. The number of nitrogens with one attached hydrogen (secondary N) is 1. The van der Waals surface area contributed by atoms with E-state index in [1.165, 1.54) is 6.42 Å². The van der Waals surface area contributed by atoms with Crippen LogP contribution in [0.5, 0.6) is 0 Å². The number of benzene rings is 1. The average Bonchev–Trinajstić information content (AvgIpc) is 2.48. The van der Waals surface area contributed by atoms with Crippen LogP contribution in [0.3, 0.4) is 0 Å². The molecule has 1 aromatic rings. The van der Waals surface area contributed by atoms with E-state index in [9.17, 15) is 4.79 Å². The van der Waals surface area contributed by atoms with E-state index in [-0.39, 0.29) is 5.91 Å². The molecule has 0 spiro atoms. The van der Waals surface area contributed by atoms with Crippen molar-refractivity contribution in [2.24, 2.45) is 11.7 Å². The number of carbonyl (C=O) groups excluding carboxylic acids is 1. The first kappa shape index (κ1) is 16.7. The van der Waals surface area contributed by atoms with Crippen LogP contribution in [-0.2, 0) is 0 Å². The topological polar surface area (TPSA) is 55.1 Å². The maximum atomic E-state index is 12.5. The minimum absolute atomic E-state index is 0.0888. The predicted octanol–water partition coefficient (Wildman–Crippen LogP) is 3.65. The first-order valence-electron chi connectivity index (χ1n) is 7.35. The zero-order valence-electron chi connectivity index (χ0n) is 12.2. The van der Waals surface area contributed by atoms with Crippen molar-refractivity contribution in [2.75, 3.05) is 0 Å². The standard InChI is InChI=1S/C16H21IN2OS/c1-2-11-7-9-16(10-8-11,15(18)21)19-14(20)12-3-5-13(17)6-4-12/h3-6,11H,2,7-10H2,1H3,(H2,18,21)(H,19,20). The molecule has 0 aliphatic heterocycles. The van der Waals surface area contributed by atoms with Gasteiger partial charge in [-0.15, -0.1) is 0 Å². The van der Waals surface area contributed by atoms with Crippen molar-refractivity contribution in [3.8, 4) is 0 Å². The van der Waals surface area contributed by atoms with Gasteiger partial charge in [0.2, 0.25) is 0 Å². The summed E-state index contributed by atoms with van der Waals surface area (Å²) in [5.74, 6) is 0.636. The number of rotatable bonds is 4.